The van der Waals surface area contributed by atoms with Gasteiger partial charge in [0, 0.05) is 5.69 Å². The summed E-state index contributed by atoms with van der Waals surface area (Å²) >= 11 is 0. The zero-order valence-electron chi connectivity index (χ0n) is 25.2. The minimum absolute atomic E-state index is 0.274. The molecule has 0 aliphatic heterocycles. The molecule has 1 aromatic rings. The van der Waals surface area contributed by atoms with Crippen LogP contribution in [-0.2, 0) is 0 Å². The normalized spacial score (nSPS) is 38.9. The van der Waals surface area contributed by atoms with E-state index in [9.17, 15) is 0 Å². The third-order valence-corrected chi connectivity index (χ3v) is 12.2. The van der Waals surface area contributed by atoms with Crippen LogP contribution >= 0.6 is 0 Å². The second-order valence-electron chi connectivity index (χ2n) is 14.5. The molecule has 9 atom stereocenters. The number of fused-ring (bicyclic) bond motifs is 1. The predicted molar refractivity (Wildman–Crippen MR) is 159 cm³/mol. The van der Waals surface area contributed by atoms with E-state index in [4.69, 9.17) is 16.2 Å². The van der Waals surface area contributed by atoms with Crippen molar-refractivity contribution in [3.63, 3.8) is 0 Å². The Morgan fingerprint density at radius 2 is 1.76 bits per heavy atom. The summed E-state index contributed by atoms with van der Waals surface area (Å²) in [6.45, 7) is 17.8. The quantitative estimate of drug-likeness (QED) is 0.325. The first-order chi connectivity index (χ1) is 17.5. The minimum Gasteiger partial charge on any atom is -0.488 e. The fourth-order valence-corrected chi connectivity index (χ4v) is 9.58. The lowest BCUT2D eigenvalue weighted by Crippen LogP contribution is -2.50. The van der Waals surface area contributed by atoms with E-state index in [0.29, 0.717) is 22.2 Å². The Morgan fingerprint density at radius 1 is 1.00 bits per heavy atom. The first-order valence-corrected chi connectivity index (χ1v) is 15.8. The fraction of sp³-hybridized carbons (Fsp3) is 0.824. The molecule has 3 saturated carbocycles. The van der Waals surface area contributed by atoms with Crippen molar-refractivity contribution in [1.29, 1.82) is 0 Å². The van der Waals surface area contributed by atoms with Crippen LogP contribution in [0.2, 0.25) is 0 Å². The summed E-state index contributed by atoms with van der Waals surface area (Å²) < 4.78 is 6.45. The number of hydrogen-bond donors (Lipinski definition) is 2. The Hall–Kier alpha value is -1.38. The van der Waals surface area contributed by atoms with Crippen molar-refractivity contribution >= 4 is 11.4 Å². The van der Waals surface area contributed by atoms with Gasteiger partial charge in [-0.25, -0.2) is 0 Å². The van der Waals surface area contributed by atoms with Gasteiger partial charge < -0.3 is 16.2 Å². The summed E-state index contributed by atoms with van der Waals surface area (Å²) in [7, 11) is 0. The Kier molecular flexibility index (Phi) is 8.81. The zero-order valence-corrected chi connectivity index (χ0v) is 25.2. The van der Waals surface area contributed by atoms with Gasteiger partial charge in [0.15, 0.2) is 0 Å². The average molecular weight is 511 g/mol. The van der Waals surface area contributed by atoms with Crippen LogP contribution in [0.5, 0.6) is 5.75 Å². The van der Waals surface area contributed by atoms with E-state index < -0.39 is 0 Å². The highest BCUT2D eigenvalue weighted by atomic mass is 16.5. The molecule has 37 heavy (non-hydrogen) atoms. The first-order valence-electron chi connectivity index (χ1n) is 15.8. The van der Waals surface area contributed by atoms with Gasteiger partial charge in [-0.1, -0.05) is 74.1 Å². The molecule has 9 unspecified atom stereocenters. The number of ether oxygens (including phenoxy) is 1. The highest BCUT2D eigenvalue weighted by molar-refractivity contribution is 5.60. The van der Waals surface area contributed by atoms with Crippen molar-refractivity contribution in [2.75, 3.05) is 11.5 Å². The second-order valence-corrected chi connectivity index (χ2v) is 14.5. The maximum absolute atomic E-state index is 6.45. The van der Waals surface area contributed by atoms with Gasteiger partial charge in [0.05, 0.1) is 11.8 Å². The van der Waals surface area contributed by atoms with E-state index in [0.717, 1.165) is 53.6 Å². The van der Waals surface area contributed by atoms with Crippen LogP contribution in [0, 0.1) is 52.3 Å². The number of rotatable bonds is 9. The molecule has 3 heteroatoms. The number of anilines is 2. The topological polar surface area (TPSA) is 61.3 Å². The molecule has 210 valence electrons. The first kappa shape index (κ1) is 28.6. The van der Waals surface area contributed by atoms with Crippen LogP contribution < -0.4 is 16.2 Å². The zero-order chi connectivity index (χ0) is 27.0. The van der Waals surface area contributed by atoms with Crippen molar-refractivity contribution in [2.24, 2.45) is 52.3 Å². The van der Waals surface area contributed by atoms with Gasteiger partial charge >= 0.3 is 0 Å². The molecule has 0 bridgehead atoms. The van der Waals surface area contributed by atoms with E-state index in [-0.39, 0.29) is 6.10 Å². The second kappa shape index (κ2) is 11.4. The van der Waals surface area contributed by atoms with Gasteiger partial charge in [0.2, 0.25) is 0 Å². The highest BCUT2D eigenvalue weighted by Gasteiger charge is 2.56. The molecule has 0 heterocycles. The summed E-state index contributed by atoms with van der Waals surface area (Å²) in [5, 5.41) is 0. The van der Waals surface area contributed by atoms with Crippen LogP contribution in [0.3, 0.4) is 0 Å². The molecule has 0 aromatic heterocycles. The predicted octanol–water partition coefficient (Wildman–Crippen LogP) is 9.36. The van der Waals surface area contributed by atoms with Crippen LogP contribution in [0.25, 0.3) is 0 Å². The molecule has 3 fully saturated rings. The van der Waals surface area contributed by atoms with E-state index in [1.165, 1.54) is 64.2 Å². The Labute approximate surface area is 228 Å². The van der Waals surface area contributed by atoms with Crippen molar-refractivity contribution in [2.45, 2.75) is 125 Å². The third-order valence-electron chi connectivity index (χ3n) is 12.2. The van der Waals surface area contributed by atoms with Crippen LogP contribution in [0.15, 0.2) is 18.2 Å². The van der Waals surface area contributed by atoms with Crippen molar-refractivity contribution in [3.05, 3.63) is 18.2 Å². The number of hydrogen-bond acceptors (Lipinski definition) is 3. The molecule has 0 amide bonds. The lowest BCUT2D eigenvalue weighted by atomic mass is 9.49. The molecule has 3 aliphatic rings. The molecular weight excluding hydrogens is 452 g/mol. The van der Waals surface area contributed by atoms with Gasteiger partial charge in [-0.3, -0.25) is 0 Å². The summed E-state index contributed by atoms with van der Waals surface area (Å²) in [4.78, 5) is 0. The molecule has 4 N–H and O–H groups in total. The molecule has 4 rings (SSSR count). The summed E-state index contributed by atoms with van der Waals surface area (Å²) in [5.41, 5.74) is 14.4. The van der Waals surface area contributed by atoms with Crippen LogP contribution in [0.1, 0.15) is 119 Å². The van der Waals surface area contributed by atoms with Crippen LogP contribution in [-0.4, -0.2) is 6.10 Å². The van der Waals surface area contributed by atoms with Crippen molar-refractivity contribution in [1.82, 2.24) is 0 Å². The maximum atomic E-state index is 6.45. The monoisotopic (exact) mass is 510 g/mol. The lowest BCUT2D eigenvalue weighted by molar-refractivity contribution is -0.0880. The van der Waals surface area contributed by atoms with Gasteiger partial charge in [-0.05, 0) is 115 Å². The number of nitrogen functional groups attached to an aromatic ring is 2. The lowest BCUT2D eigenvalue weighted by Gasteiger charge is -2.57. The van der Waals surface area contributed by atoms with Gasteiger partial charge in [0.1, 0.15) is 5.75 Å². The van der Waals surface area contributed by atoms with Crippen molar-refractivity contribution in [3.8, 4) is 5.75 Å². The molecular formula is C34H58N2O. The minimum atomic E-state index is 0.274. The molecule has 0 spiro atoms. The highest BCUT2D eigenvalue weighted by Crippen LogP contribution is 2.64. The van der Waals surface area contributed by atoms with E-state index in [2.05, 4.69) is 48.5 Å². The third kappa shape index (κ3) is 5.67. The standard InChI is InChI=1S/C34H58N2O/c1-8-33(6)29(23(4)11-9-10-22(2)3)15-16-30(33)28-14-12-25-20-27(18-19-34(25,7)24(28)5)37-32-17-13-26(35)21-31(32)36/h13,17,21-25,27-30H,8-12,14-16,18-20,35-36H2,1-7H3. The van der Waals surface area contributed by atoms with Gasteiger partial charge in [-0.2, -0.15) is 0 Å². The molecule has 0 saturated heterocycles. The van der Waals surface area contributed by atoms with Gasteiger partial charge in [-0.15, -0.1) is 0 Å². The number of benzene rings is 1. The van der Waals surface area contributed by atoms with E-state index in [1.54, 1.807) is 0 Å². The number of nitrogens with two attached hydrogens (primary N) is 2. The Morgan fingerprint density at radius 3 is 2.43 bits per heavy atom. The van der Waals surface area contributed by atoms with E-state index >= 15 is 0 Å². The van der Waals surface area contributed by atoms with Gasteiger partial charge in [0.25, 0.3) is 0 Å². The maximum Gasteiger partial charge on any atom is 0.142 e. The Bertz CT molecular complexity index is 898. The molecule has 3 nitrogen and oxygen atoms in total. The molecule has 1 aromatic carbocycles. The van der Waals surface area contributed by atoms with Crippen LogP contribution in [0.4, 0.5) is 11.4 Å². The molecule has 0 radical (unpaired) electrons. The summed E-state index contributed by atoms with van der Waals surface area (Å²) in [6.07, 6.45) is 15.1. The summed E-state index contributed by atoms with van der Waals surface area (Å²) in [5.74, 6) is 6.74. The SMILES string of the molecule is CCC1(C)C(C(C)CCCC(C)C)CCC1C1CCC2CC(Oc3ccc(N)cc3N)CCC2(C)C1C. The van der Waals surface area contributed by atoms with E-state index in [1.807, 2.05) is 18.2 Å². The average Bonchev–Trinajstić information content (AvgIpc) is 3.19. The fourth-order valence-electron chi connectivity index (χ4n) is 9.58. The largest absolute Gasteiger partial charge is 0.488 e. The smallest absolute Gasteiger partial charge is 0.142 e. The molecule has 3 aliphatic carbocycles. The summed E-state index contributed by atoms with van der Waals surface area (Å²) in [6, 6.07) is 5.67. The Balaban J connectivity index is 1.42. The van der Waals surface area contributed by atoms with Crippen molar-refractivity contribution < 1.29 is 4.74 Å².